The summed E-state index contributed by atoms with van der Waals surface area (Å²) in [5.74, 6) is -0.260. The minimum atomic E-state index is -0.422. The fraction of sp³-hybridized carbons (Fsp3) is 0.261. The number of rotatable bonds is 5. The summed E-state index contributed by atoms with van der Waals surface area (Å²) in [4.78, 5) is 18.2. The molecule has 0 bridgehead atoms. The zero-order chi connectivity index (χ0) is 22.4. The van der Waals surface area contributed by atoms with Gasteiger partial charge in [0.1, 0.15) is 17.5 Å². The lowest BCUT2D eigenvalue weighted by Crippen LogP contribution is -2.25. The van der Waals surface area contributed by atoms with Crippen molar-refractivity contribution in [3.63, 3.8) is 0 Å². The molecule has 164 valence electrons. The number of nitriles is 1. The van der Waals surface area contributed by atoms with E-state index in [1.807, 2.05) is 28.0 Å². The van der Waals surface area contributed by atoms with Crippen LogP contribution in [0.5, 0.6) is 0 Å². The molecule has 4 aromatic heterocycles. The van der Waals surface area contributed by atoms with Crippen molar-refractivity contribution in [1.29, 1.82) is 5.26 Å². The van der Waals surface area contributed by atoms with Crippen molar-refractivity contribution in [2.45, 2.75) is 18.9 Å². The zero-order valence-corrected chi connectivity index (χ0v) is 17.5. The molecule has 1 aromatic carbocycles. The van der Waals surface area contributed by atoms with Crippen molar-refractivity contribution in [2.24, 2.45) is 5.92 Å². The topological polar surface area (TPSA) is 112 Å². The molecule has 0 aliphatic carbocycles. The zero-order valence-electron chi connectivity index (χ0n) is 17.5. The van der Waals surface area contributed by atoms with Crippen molar-refractivity contribution in [1.82, 2.24) is 29.7 Å². The number of para-hydroxylation sites is 1. The average Bonchev–Trinajstić information content (AvgIpc) is 3.62. The van der Waals surface area contributed by atoms with E-state index in [1.165, 1.54) is 12.4 Å². The molecule has 0 saturated carbocycles. The summed E-state index contributed by atoms with van der Waals surface area (Å²) in [5.41, 5.74) is 3.10. The van der Waals surface area contributed by atoms with E-state index in [2.05, 4.69) is 31.1 Å². The number of nitrogens with one attached hydrogen (secondary N) is 1. The highest BCUT2D eigenvalue weighted by atomic mass is 19.1. The van der Waals surface area contributed by atoms with E-state index in [0.29, 0.717) is 31.0 Å². The van der Waals surface area contributed by atoms with Gasteiger partial charge in [-0.2, -0.15) is 15.3 Å². The van der Waals surface area contributed by atoms with Crippen molar-refractivity contribution >= 4 is 28.1 Å². The van der Waals surface area contributed by atoms with E-state index in [4.69, 9.17) is 4.42 Å². The maximum atomic E-state index is 14.0. The molecule has 1 saturated heterocycles. The highest BCUT2D eigenvalue weighted by molar-refractivity contribution is 5.90. The van der Waals surface area contributed by atoms with E-state index < -0.39 is 5.82 Å². The number of H-pyrrole nitrogens is 1. The summed E-state index contributed by atoms with van der Waals surface area (Å²) < 4.78 is 21.6. The summed E-state index contributed by atoms with van der Waals surface area (Å²) in [6, 6.07) is 9.25. The minimum absolute atomic E-state index is 0.113. The Kier molecular flexibility index (Phi) is 4.54. The molecule has 1 fully saturated rings. The molecule has 2 unspecified atom stereocenters. The minimum Gasteiger partial charge on any atom is -0.420 e. The number of benzene rings is 1. The summed E-state index contributed by atoms with van der Waals surface area (Å²) in [7, 11) is 0. The standard InChI is InChI=1S/C23H19FN8O/c24-17-2-1-3-18-21(17)33-23(30-18)31-9-6-14(11-31)19(4-7-25)32-12-15(10-29-32)20-16-5-8-26-22(16)28-13-27-20/h1-3,5,8,10,12-14,19H,4,6,9,11H2,(H,26,27,28). The van der Waals surface area contributed by atoms with Crippen LogP contribution in [-0.2, 0) is 0 Å². The first-order valence-electron chi connectivity index (χ1n) is 10.7. The third-order valence-corrected chi connectivity index (χ3v) is 6.26. The SMILES string of the molecule is N#CCC(C1CCN(c2nc3cccc(F)c3o2)C1)n1cc(-c2ncnc3[nH]ccc23)cn1. The Bertz CT molecular complexity index is 1500. The molecule has 0 amide bonds. The second-order valence-corrected chi connectivity index (χ2v) is 8.18. The number of hydrogen-bond donors (Lipinski definition) is 1. The first-order chi connectivity index (χ1) is 16.2. The van der Waals surface area contributed by atoms with Crippen LogP contribution in [-0.4, -0.2) is 42.8 Å². The molecular formula is C23H19FN8O. The molecule has 10 heteroatoms. The van der Waals surface area contributed by atoms with Crippen LogP contribution in [0.1, 0.15) is 18.9 Å². The van der Waals surface area contributed by atoms with E-state index in [-0.39, 0.29) is 17.5 Å². The van der Waals surface area contributed by atoms with Gasteiger partial charge in [-0.3, -0.25) is 4.68 Å². The van der Waals surface area contributed by atoms with Crippen LogP contribution >= 0.6 is 0 Å². The Balaban J connectivity index is 1.27. The van der Waals surface area contributed by atoms with Gasteiger partial charge in [-0.1, -0.05) is 6.07 Å². The van der Waals surface area contributed by atoms with E-state index in [9.17, 15) is 9.65 Å². The van der Waals surface area contributed by atoms with Gasteiger partial charge in [0.25, 0.3) is 6.01 Å². The van der Waals surface area contributed by atoms with Gasteiger partial charge in [0, 0.05) is 42.4 Å². The van der Waals surface area contributed by atoms with Crippen LogP contribution in [0.4, 0.5) is 10.4 Å². The lowest BCUT2D eigenvalue weighted by molar-refractivity contribution is 0.331. The van der Waals surface area contributed by atoms with Crippen molar-refractivity contribution in [3.05, 3.63) is 55.0 Å². The molecule has 6 rings (SSSR count). The van der Waals surface area contributed by atoms with E-state index >= 15 is 0 Å². The molecule has 33 heavy (non-hydrogen) atoms. The van der Waals surface area contributed by atoms with Crippen LogP contribution in [0.25, 0.3) is 33.4 Å². The average molecular weight is 442 g/mol. The van der Waals surface area contributed by atoms with Gasteiger partial charge in [0.2, 0.25) is 0 Å². The van der Waals surface area contributed by atoms with Crippen LogP contribution in [0.3, 0.4) is 0 Å². The predicted octanol–water partition coefficient (Wildman–Crippen LogP) is 4.08. The molecule has 1 N–H and O–H groups in total. The molecule has 1 aliphatic rings. The number of aromatic amines is 1. The molecule has 2 atom stereocenters. The number of aromatic nitrogens is 6. The Morgan fingerprint density at radius 2 is 2.24 bits per heavy atom. The van der Waals surface area contributed by atoms with Gasteiger partial charge in [-0.15, -0.1) is 0 Å². The van der Waals surface area contributed by atoms with Crippen LogP contribution in [0.2, 0.25) is 0 Å². The third kappa shape index (κ3) is 3.29. The fourth-order valence-electron chi connectivity index (χ4n) is 4.63. The Morgan fingerprint density at radius 3 is 3.12 bits per heavy atom. The van der Waals surface area contributed by atoms with Crippen molar-refractivity contribution in [3.8, 4) is 17.3 Å². The normalized spacial score (nSPS) is 17.1. The largest absolute Gasteiger partial charge is 0.420 e. The molecule has 0 radical (unpaired) electrons. The highest BCUT2D eigenvalue weighted by Gasteiger charge is 2.33. The molecule has 0 spiro atoms. The second-order valence-electron chi connectivity index (χ2n) is 8.18. The van der Waals surface area contributed by atoms with E-state index in [0.717, 1.165) is 28.7 Å². The smallest absolute Gasteiger partial charge is 0.298 e. The number of anilines is 1. The summed E-state index contributed by atoms with van der Waals surface area (Å²) in [6.45, 7) is 1.36. The maximum Gasteiger partial charge on any atom is 0.298 e. The fourth-order valence-corrected chi connectivity index (χ4v) is 4.63. The third-order valence-electron chi connectivity index (χ3n) is 6.26. The summed E-state index contributed by atoms with van der Waals surface area (Å²) >= 11 is 0. The Hall–Kier alpha value is -4.26. The number of fused-ring (bicyclic) bond motifs is 2. The molecule has 9 nitrogen and oxygen atoms in total. The van der Waals surface area contributed by atoms with Gasteiger partial charge in [0.05, 0.1) is 30.4 Å². The lowest BCUT2D eigenvalue weighted by Gasteiger charge is -2.22. The van der Waals surface area contributed by atoms with Gasteiger partial charge < -0.3 is 14.3 Å². The molecule has 1 aliphatic heterocycles. The summed E-state index contributed by atoms with van der Waals surface area (Å²) in [6.07, 6.45) is 8.24. The quantitative estimate of drug-likeness (QED) is 0.436. The van der Waals surface area contributed by atoms with Gasteiger partial charge in [-0.05, 0) is 24.6 Å². The van der Waals surface area contributed by atoms with Crippen molar-refractivity contribution < 1.29 is 8.81 Å². The van der Waals surface area contributed by atoms with Crippen LogP contribution in [0.15, 0.2) is 53.6 Å². The number of oxazole rings is 1. The Morgan fingerprint density at radius 1 is 1.30 bits per heavy atom. The van der Waals surface area contributed by atoms with Crippen LogP contribution < -0.4 is 4.90 Å². The summed E-state index contributed by atoms with van der Waals surface area (Å²) in [5, 5.41) is 15.0. The number of nitrogens with zero attached hydrogens (tertiary/aromatic N) is 7. The van der Waals surface area contributed by atoms with Gasteiger partial charge >= 0.3 is 0 Å². The van der Waals surface area contributed by atoms with Gasteiger partial charge in [-0.25, -0.2) is 14.4 Å². The maximum absolute atomic E-state index is 14.0. The van der Waals surface area contributed by atoms with Crippen molar-refractivity contribution in [2.75, 3.05) is 18.0 Å². The van der Waals surface area contributed by atoms with E-state index in [1.54, 1.807) is 18.3 Å². The van der Waals surface area contributed by atoms with Crippen LogP contribution in [0, 0.1) is 23.1 Å². The lowest BCUT2D eigenvalue weighted by atomic mass is 9.96. The Labute approximate surface area is 187 Å². The first kappa shape index (κ1) is 19.4. The predicted molar refractivity (Wildman–Crippen MR) is 119 cm³/mol. The highest BCUT2D eigenvalue weighted by Crippen LogP contribution is 2.35. The molecule has 5 heterocycles. The van der Waals surface area contributed by atoms with Gasteiger partial charge in [0.15, 0.2) is 11.4 Å². The number of halogens is 1. The second kappa shape index (κ2) is 7.70. The number of hydrogen-bond acceptors (Lipinski definition) is 7. The molecule has 5 aromatic rings. The molecular weight excluding hydrogens is 423 g/mol. The first-order valence-corrected chi connectivity index (χ1v) is 10.7. The monoisotopic (exact) mass is 442 g/mol.